The van der Waals surface area contributed by atoms with E-state index in [0.717, 1.165) is 4.31 Å². The summed E-state index contributed by atoms with van der Waals surface area (Å²) in [5.74, 6) is -0.837. The first-order valence-electron chi connectivity index (χ1n) is 12.0. The van der Waals surface area contributed by atoms with E-state index in [9.17, 15) is 26.4 Å². The Hall–Kier alpha value is -3.90. The van der Waals surface area contributed by atoms with Crippen molar-refractivity contribution in [2.24, 2.45) is 4.99 Å². The van der Waals surface area contributed by atoms with Crippen LogP contribution in [0.5, 0.6) is 5.75 Å². The molecule has 1 N–H and O–H groups in total. The van der Waals surface area contributed by atoms with Gasteiger partial charge in [-0.3, -0.25) is 9.79 Å². The van der Waals surface area contributed by atoms with Crippen LogP contribution >= 0.6 is 0 Å². The van der Waals surface area contributed by atoms with Crippen molar-refractivity contribution in [1.29, 1.82) is 0 Å². The second kappa shape index (κ2) is 11.5. The Labute approximate surface area is 223 Å². The van der Waals surface area contributed by atoms with Crippen LogP contribution in [0.3, 0.4) is 0 Å². The fourth-order valence-corrected chi connectivity index (χ4v) is 5.91. The van der Waals surface area contributed by atoms with Gasteiger partial charge in [0.1, 0.15) is 17.4 Å². The zero-order valence-corrected chi connectivity index (χ0v) is 21.8. The molecule has 0 radical (unpaired) electrons. The number of ether oxygens (including phenoxy) is 1. The summed E-state index contributed by atoms with van der Waals surface area (Å²) >= 11 is 0. The molecule has 3 aromatic rings. The summed E-state index contributed by atoms with van der Waals surface area (Å²) in [7, 11) is -4.05. The minimum atomic E-state index is -4.79. The second-order valence-corrected chi connectivity index (χ2v) is 10.5. The number of halogens is 3. The Morgan fingerprint density at radius 3 is 2.59 bits per heavy atom. The van der Waals surface area contributed by atoms with Gasteiger partial charge in [-0.15, -0.1) is 13.2 Å². The number of sulfonamides is 1. The highest BCUT2D eigenvalue weighted by atomic mass is 32.2. The summed E-state index contributed by atoms with van der Waals surface area (Å²) in [5, 5.41) is 3.14. The number of furan rings is 1. The quantitative estimate of drug-likeness (QED) is 0.283. The molecule has 0 aliphatic carbocycles. The van der Waals surface area contributed by atoms with Gasteiger partial charge in [0, 0.05) is 18.0 Å². The Bertz CT molecular complexity index is 1490. The Morgan fingerprint density at radius 1 is 1.23 bits per heavy atom. The van der Waals surface area contributed by atoms with Crippen LogP contribution in [0.4, 0.5) is 13.2 Å². The van der Waals surface area contributed by atoms with E-state index in [1.807, 2.05) is 0 Å². The number of alkyl halides is 3. The highest BCUT2D eigenvalue weighted by molar-refractivity contribution is 7.89. The van der Waals surface area contributed by atoms with Gasteiger partial charge in [0.25, 0.3) is 10.0 Å². The van der Waals surface area contributed by atoms with Gasteiger partial charge in [-0.05, 0) is 61.9 Å². The number of fused-ring (bicyclic) bond motifs is 1. The third-order valence-corrected chi connectivity index (χ3v) is 7.94. The molecule has 1 fully saturated rings. The summed E-state index contributed by atoms with van der Waals surface area (Å²) in [4.78, 5) is 17.0. The minimum Gasteiger partial charge on any atom is -0.443 e. The number of para-hydroxylation sites is 1. The van der Waals surface area contributed by atoms with Crippen LogP contribution in [-0.2, 0) is 14.8 Å². The first kappa shape index (κ1) is 28.1. The smallest absolute Gasteiger partial charge is 0.443 e. The van der Waals surface area contributed by atoms with Gasteiger partial charge in [-0.25, -0.2) is 8.42 Å². The molecule has 2 aromatic carbocycles. The molecule has 1 aliphatic rings. The summed E-state index contributed by atoms with van der Waals surface area (Å²) < 4.78 is 74.5. The minimum absolute atomic E-state index is 0.0377. The van der Waals surface area contributed by atoms with E-state index in [2.05, 4.69) is 21.8 Å². The molecule has 12 heteroatoms. The number of nitrogens with one attached hydrogen (secondary N) is 1. The lowest BCUT2D eigenvalue weighted by atomic mass is 10.0. The highest BCUT2D eigenvalue weighted by Gasteiger charge is 2.41. The predicted octanol–water partition coefficient (Wildman–Crippen LogP) is 5.29. The fraction of sp³-hybridized carbons (Fsp3) is 0.259. The lowest BCUT2D eigenvalue weighted by Crippen LogP contribution is -2.46. The number of carbonyl (C=O) groups excluding carboxylic acids is 1. The molecular formula is C27H26F3N3O5S. The van der Waals surface area contributed by atoms with Crippen molar-refractivity contribution in [3.05, 3.63) is 78.0 Å². The number of nitrogens with zero attached hydrogens (tertiary/aromatic N) is 2. The molecule has 4 rings (SSSR count). The number of carbonyl (C=O) groups is 1. The molecule has 0 saturated carbocycles. The van der Waals surface area contributed by atoms with Crippen LogP contribution < -0.4 is 10.1 Å². The maximum absolute atomic E-state index is 13.3. The van der Waals surface area contributed by atoms with E-state index in [4.69, 9.17) is 4.42 Å². The third-order valence-electron chi connectivity index (χ3n) is 6.17. The van der Waals surface area contributed by atoms with Crippen LogP contribution in [0.25, 0.3) is 16.5 Å². The zero-order chi connectivity index (χ0) is 28.2. The molecule has 0 bridgehead atoms. The normalized spacial score (nSPS) is 17.4. The molecule has 1 aliphatic heterocycles. The van der Waals surface area contributed by atoms with Crippen LogP contribution in [0, 0.1) is 0 Å². The summed E-state index contributed by atoms with van der Waals surface area (Å²) in [6.45, 7) is 5.41. The van der Waals surface area contributed by atoms with Crippen molar-refractivity contribution in [3.63, 3.8) is 0 Å². The van der Waals surface area contributed by atoms with E-state index < -0.39 is 28.3 Å². The van der Waals surface area contributed by atoms with E-state index in [1.165, 1.54) is 30.3 Å². The van der Waals surface area contributed by atoms with Crippen LogP contribution in [-0.4, -0.2) is 50.8 Å². The number of hydrogen-bond donors (Lipinski definition) is 1. The van der Waals surface area contributed by atoms with Crippen molar-refractivity contribution in [2.45, 2.75) is 37.3 Å². The fourth-order valence-electron chi connectivity index (χ4n) is 4.30. The molecule has 1 amide bonds. The predicted molar refractivity (Wildman–Crippen MR) is 141 cm³/mol. The Kier molecular flexibility index (Phi) is 8.26. The average molecular weight is 562 g/mol. The van der Waals surface area contributed by atoms with Crippen LogP contribution in [0.15, 0.2) is 86.9 Å². The molecular weight excluding hydrogens is 535 g/mol. The van der Waals surface area contributed by atoms with Crippen molar-refractivity contribution in [1.82, 2.24) is 9.62 Å². The first-order valence-corrected chi connectivity index (χ1v) is 13.4. The summed E-state index contributed by atoms with van der Waals surface area (Å²) in [5.41, 5.74) is 2.03. The maximum Gasteiger partial charge on any atom is 0.573 e. The Morgan fingerprint density at radius 2 is 1.95 bits per heavy atom. The molecule has 2 heterocycles. The van der Waals surface area contributed by atoms with Gasteiger partial charge in [0.2, 0.25) is 11.0 Å². The van der Waals surface area contributed by atoms with Crippen LogP contribution in [0.1, 0.15) is 25.3 Å². The van der Waals surface area contributed by atoms with E-state index in [0.29, 0.717) is 40.6 Å². The van der Waals surface area contributed by atoms with Gasteiger partial charge >= 0.3 is 6.36 Å². The van der Waals surface area contributed by atoms with Crippen molar-refractivity contribution in [3.8, 4) is 5.75 Å². The highest BCUT2D eigenvalue weighted by Crippen LogP contribution is 2.30. The van der Waals surface area contributed by atoms with Gasteiger partial charge in [-0.2, -0.15) is 4.31 Å². The molecule has 1 atom stereocenters. The molecule has 1 aromatic heterocycles. The van der Waals surface area contributed by atoms with Crippen molar-refractivity contribution in [2.75, 3.05) is 13.1 Å². The van der Waals surface area contributed by atoms with Crippen molar-refractivity contribution >= 4 is 39.2 Å². The Balaban J connectivity index is 1.44. The van der Waals surface area contributed by atoms with Crippen LogP contribution in [0.2, 0.25) is 0 Å². The SMILES string of the molecule is C=N/C(=C\C(=C/C)c1ccc(OC(F)(F)F)cc1)CNC(=O)[C@@H]1CCCN1S(=O)(=O)c1cc2ccccc2o1. The number of benzene rings is 2. The standard InChI is InChI=1S/C27H26F3N3O5S/c1-3-18(19-10-12-22(13-11-19)38-27(28,29)30)15-21(31-2)17-32-26(34)23-8-6-14-33(23)39(35,36)25-16-20-7-4-5-9-24(20)37-25/h3-5,7,9-13,15-16,23H,2,6,8,14,17H2,1H3,(H,32,34)/b18-3+,21-15-/t23-/m0/s1. The van der Waals surface area contributed by atoms with Gasteiger partial charge < -0.3 is 14.5 Å². The number of allylic oxidation sites excluding steroid dienone is 3. The van der Waals surface area contributed by atoms with Gasteiger partial charge in [0.05, 0.1) is 12.2 Å². The largest absolute Gasteiger partial charge is 0.573 e. The summed E-state index contributed by atoms with van der Waals surface area (Å²) in [6.07, 6.45) is -0.575. The monoisotopic (exact) mass is 561 g/mol. The zero-order valence-electron chi connectivity index (χ0n) is 20.9. The van der Waals surface area contributed by atoms with Crippen molar-refractivity contribution < 1.29 is 35.5 Å². The molecule has 8 nitrogen and oxygen atoms in total. The van der Waals surface area contributed by atoms with E-state index in [-0.39, 0.29) is 23.9 Å². The second-order valence-electron chi connectivity index (χ2n) is 8.70. The lowest BCUT2D eigenvalue weighted by molar-refractivity contribution is -0.274. The maximum atomic E-state index is 13.3. The molecule has 1 saturated heterocycles. The number of hydrogen-bond acceptors (Lipinski definition) is 6. The van der Waals surface area contributed by atoms with Gasteiger partial charge in [-0.1, -0.05) is 36.4 Å². The summed E-state index contributed by atoms with van der Waals surface area (Å²) in [6, 6.07) is 12.8. The molecule has 0 spiro atoms. The number of rotatable bonds is 9. The first-order chi connectivity index (χ1) is 18.5. The van der Waals surface area contributed by atoms with E-state index >= 15 is 0 Å². The topological polar surface area (TPSA) is 101 Å². The lowest BCUT2D eigenvalue weighted by Gasteiger charge is -2.22. The van der Waals surface area contributed by atoms with Gasteiger partial charge in [0.15, 0.2) is 0 Å². The average Bonchev–Trinajstić information content (AvgIpc) is 3.57. The van der Waals surface area contributed by atoms with E-state index in [1.54, 1.807) is 43.3 Å². The molecule has 0 unspecified atom stereocenters. The number of aliphatic imine (C=N–C) groups is 1. The third kappa shape index (κ3) is 6.58. The molecule has 39 heavy (non-hydrogen) atoms. The molecule has 206 valence electrons. The number of amides is 1.